The summed E-state index contributed by atoms with van der Waals surface area (Å²) in [7, 11) is 0. The van der Waals surface area contributed by atoms with Gasteiger partial charge in [-0.2, -0.15) is 0 Å². The normalized spacial score (nSPS) is 11.6. The van der Waals surface area contributed by atoms with Gasteiger partial charge in [0, 0.05) is 5.69 Å². The molecule has 0 fully saturated rings. The van der Waals surface area contributed by atoms with Gasteiger partial charge < -0.3 is 14.8 Å². The molecule has 1 atom stereocenters. The van der Waals surface area contributed by atoms with Crippen LogP contribution in [0.2, 0.25) is 0 Å². The Morgan fingerprint density at radius 2 is 1.55 bits per heavy atom. The second kappa shape index (κ2) is 8.39. The number of hydrogen-bond donors (Lipinski definition) is 1. The fourth-order valence-electron chi connectivity index (χ4n) is 2.77. The summed E-state index contributed by atoms with van der Waals surface area (Å²) >= 11 is 0. The standard InChI is InChI=1S/C23H19N3O3/c1-16(28-23-20-9-5-6-10-21(20)24-15-25-23)22(27)26-17-11-13-19(14-12-17)29-18-7-3-2-4-8-18/h2-16H,1H3,(H,26,27)/t16-/m1/s1. The number of nitrogens with one attached hydrogen (secondary N) is 1. The minimum Gasteiger partial charge on any atom is -0.464 e. The predicted octanol–water partition coefficient (Wildman–Crippen LogP) is 4.83. The molecule has 144 valence electrons. The summed E-state index contributed by atoms with van der Waals surface area (Å²) in [6.07, 6.45) is 0.696. The van der Waals surface area contributed by atoms with Gasteiger partial charge in [0.25, 0.3) is 5.91 Å². The summed E-state index contributed by atoms with van der Waals surface area (Å²) in [4.78, 5) is 20.9. The van der Waals surface area contributed by atoms with E-state index in [1.165, 1.54) is 6.33 Å². The van der Waals surface area contributed by atoms with Crippen molar-refractivity contribution in [2.24, 2.45) is 0 Å². The molecule has 0 aliphatic heterocycles. The molecule has 1 aromatic heterocycles. The molecule has 29 heavy (non-hydrogen) atoms. The topological polar surface area (TPSA) is 73.3 Å². The first-order valence-corrected chi connectivity index (χ1v) is 9.19. The summed E-state index contributed by atoms with van der Waals surface area (Å²) in [5.74, 6) is 1.55. The van der Waals surface area contributed by atoms with E-state index in [0.717, 1.165) is 16.7 Å². The summed E-state index contributed by atoms with van der Waals surface area (Å²) in [5, 5.41) is 3.60. The third kappa shape index (κ3) is 4.50. The van der Waals surface area contributed by atoms with E-state index in [2.05, 4.69) is 15.3 Å². The van der Waals surface area contributed by atoms with Gasteiger partial charge in [-0.15, -0.1) is 0 Å². The van der Waals surface area contributed by atoms with Gasteiger partial charge in [0.1, 0.15) is 17.8 Å². The van der Waals surface area contributed by atoms with Crippen LogP contribution in [-0.2, 0) is 4.79 Å². The first kappa shape index (κ1) is 18.4. The van der Waals surface area contributed by atoms with Crippen molar-refractivity contribution in [1.29, 1.82) is 0 Å². The molecule has 0 saturated heterocycles. The number of para-hydroxylation sites is 2. The van der Waals surface area contributed by atoms with Crippen LogP contribution >= 0.6 is 0 Å². The minimum absolute atomic E-state index is 0.274. The van der Waals surface area contributed by atoms with Crippen LogP contribution in [0.25, 0.3) is 10.9 Å². The molecule has 6 nitrogen and oxygen atoms in total. The number of anilines is 1. The number of ether oxygens (including phenoxy) is 2. The lowest BCUT2D eigenvalue weighted by Gasteiger charge is -2.15. The van der Waals surface area contributed by atoms with Crippen molar-refractivity contribution in [3.05, 3.63) is 85.2 Å². The summed E-state index contributed by atoms with van der Waals surface area (Å²) in [6.45, 7) is 1.68. The molecule has 0 bridgehead atoms. The highest BCUT2D eigenvalue weighted by atomic mass is 16.5. The van der Waals surface area contributed by atoms with E-state index in [0.29, 0.717) is 17.3 Å². The molecule has 1 N–H and O–H groups in total. The maximum atomic E-state index is 12.5. The van der Waals surface area contributed by atoms with E-state index in [9.17, 15) is 4.79 Å². The van der Waals surface area contributed by atoms with Crippen molar-refractivity contribution < 1.29 is 14.3 Å². The number of amides is 1. The monoisotopic (exact) mass is 385 g/mol. The zero-order chi connectivity index (χ0) is 20.1. The van der Waals surface area contributed by atoms with Gasteiger partial charge in [-0.1, -0.05) is 30.3 Å². The lowest BCUT2D eigenvalue weighted by molar-refractivity contribution is -0.122. The molecule has 0 spiro atoms. The highest BCUT2D eigenvalue weighted by molar-refractivity contribution is 5.94. The van der Waals surface area contributed by atoms with Crippen molar-refractivity contribution in [3.63, 3.8) is 0 Å². The van der Waals surface area contributed by atoms with E-state index >= 15 is 0 Å². The average molecular weight is 385 g/mol. The fourth-order valence-corrected chi connectivity index (χ4v) is 2.77. The van der Waals surface area contributed by atoms with Crippen LogP contribution in [-0.4, -0.2) is 22.0 Å². The van der Waals surface area contributed by atoms with E-state index in [4.69, 9.17) is 9.47 Å². The summed E-state index contributed by atoms with van der Waals surface area (Å²) < 4.78 is 11.5. The molecule has 0 radical (unpaired) electrons. The number of aromatic nitrogens is 2. The van der Waals surface area contributed by atoms with Crippen LogP contribution in [0.15, 0.2) is 85.2 Å². The third-order valence-electron chi connectivity index (χ3n) is 4.26. The van der Waals surface area contributed by atoms with Gasteiger partial charge >= 0.3 is 0 Å². The molecular weight excluding hydrogens is 366 g/mol. The van der Waals surface area contributed by atoms with Gasteiger partial charge in [0.15, 0.2) is 6.10 Å². The maximum absolute atomic E-state index is 12.5. The lowest BCUT2D eigenvalue weighted by Crippen LogP contribution is -2.30. The largest absolute Gasteiger partial charge is 0.464 e. The van der Waals surface area contributed by atoms with E-state index in [-0.39, 0.29) is 5.91 Å². The molecule has 0 aliphatic carbocycles. The number of carbonyl (C=O) groups excluding carboxylic acids is 1. The Morgan fingerprint density at radius 3 is 2.34 bits per heavy atom. The number of fused-ring (bicyclic) bond motifs is 1. The molecular formula is C23H19N3O3. The Kier molecular flexibility index (Phi) is 5.33. The van der Waals surface area contributed by atoms with E-state index in [1.807, 2.05) is 54.6 Å². The Hall–Kier alpha value is -3.93. The second-order valence-corrected chi connectivity index (χ2v) is 6.38. The van der Waals surface area contributed by atoms with Gasteiger partial charge in [0.2, 0.25) is 5.88 Å². The van der Waals surface area contributed by atoms with Crippen molar-refractivity contribution in [2.45, 2.75) is 13.0 Å². The summed E-state index contributed by atoms with van der Waals surface area (Å²) in [6, 6.07) is 24.2. The molecule has 3 aromatic carbocycles. The SMILES string of the molecule is C[C@@H](Oc1ncnc2ccccc12)C(=O)Nc1ccc(Oc2ccccc2)cc1. The highest BCUT2D eigenvalue weighted by Gasteiger charge is 2.17. The Bertz CT molecular complexity index is 1110. The average Bonchev–Trinajstić information content (AvgIpc) is 2.76. The first-order chi connectivity index (χ1) is 14.2. The van der Waals surface area contributed by atoms with Crippen LogP contribution in [0.1, 0.15) is 6.92 Å². The maximum Gasteiger partial charge on any atom is 0.265 e. The number of benzene rings is 3. The summed E-state index contributed by atoms with van der Waals surface area (Å²) in [5.41, 5.74) is 1.41. The number of nitrogens with zero attached hydrogens (tertiary/aromatic N) is 2. The highest BCUT2D eigenvalue weighted by Crippen LogP contribution is 2.24. The quantitative estimate of drug-likeness (QED) is 0.515. The number of hydrogen-bond acceptors (Lipinski definition) is 5. The molecule has 1 amide bonds. The predicted molar refractivity (Wildman–Crippen MR) is 111 cm³/mol. The van der Waals surface area contributed by atoms with Gasteiger partial charge in [-0.05, 0) is 55.5 Å². The third-order valence-corrected chi connectivity index (χ3v) is 4.26. The van der Waals surface area contributed by atoms with Crippen LogP contribution in [0.5, 0.6) is 17.4 Å². The molecule has 6 heteroatoms. The van der Waals surface area contributed by atoms with Crippen LogP contribution in [0.4, 0.5) is 5.69 Å². The van der Waals surface area contributed by atoms with Crippen molar-refractivity contribution in [2.75, 3.05) is 5.32 Å². The van der Waals surface area contributed by atoms with E-state index < -0.39 is 6.10 Å². The number of rotatable bonds is 6. The molecule has 0 saturated carbocycles. The number of carbonyl (C=O) groups is 1. The Balaban J connectivity index is 1.39. The lowest BCUT2D eigenvalue weighted by atomic mass is 10.2. The van der Waals surface area contributed by atoms with Gasteiger partial charge in [-0.3, -0.25) is 4.79 Å². The van der Waals surface area contributed by atoms with Crippen molar-refractivity contribution in [1.82, 2.24) is 9.97 Å². The first-order valence-electron chi connectivity index (χ1n) is 9.19. The Morgan fingerprint density at radius 1 is 0.862 bits per heavy atom. The zero-order valence-electron chi connectivity index (χ0n) is 15.8. The van der Waals surface area contributed by atoms with Crippen LogP contribution in [0, 0.1) is 0 Å². The second-order valence-electron chi connectivity index (χ2n) is 6.38. The molecule has 1 heterocycles. The molecule has 4 rings (SSSR count). The van der Waals surface area contributed by atoms with Crippen molar-refractivity contribution in [3.8, 4) is 17.4 Å². The Labute approximate surface area is 168 Å². The van der Waals surface area contributed by atoms with Gasteiger partial charge in [0.05, 0.1) is 10.9 Å². The minimum atomic E-state index is -0.728. The van der Waals surface area contributed by atoms with Crippen LogP contribution in [0.3, 0.4) is 0 Å². The van der Waals surface area contributed by atoms with Crippen molar-refractivity contribution >= 4 is 22.5 Å². The smallest absolute Gasteiger partial charge is 0.265 e. The molecule has 0 aliphatic rings. The van der Waals surface area contributed by atoms with Gasteiger partial charge in [-0.25, -0.2) is 9.97 Å². The molecule has 4 aromatic rings. The molecule has 0 unspecified atom stereocenters. The fraction of sp³-hybridized carbons (Fsp3) is 0.0870. The van der Waals surface area contributed by atoms with E-state index in [1.54, 1.807) is 31.2 Å². The van der Waals surface area contributed by atoms with Crippen LogP contribution < -0.4 is 14.8 Å². The zero-order valence-corrected chi connectivity index (χ0v) is 15.8.